The van der Waals surface area contributed by atoms with Gasteiger partial charge in [0.05, 0.1) is 16.3 Å². The molecule has 1 unspecified atom stereocenters. The van der Waals surface area contributed by atoms with E-state index in [1.54, 1.807) is 18.3 Å². The summed E-state index contributed by atoms with van der Waals surface area (Å²) in [5.74, 6) is 0.230. The Morgan fingerprint density at radius 1 is 0.964 bits per heavy atom. The van der Waals surface area contributed by atoms with Gasteiger partial charge in [0.1, 0.15) is 6.20 Å². The van der Waals surface area contributed by atoms with Crippen molar-refractivity contribution in [3.05, 3.63) is 87.9 Å². The van der Waals surface area contributed by atoms with E-state index in [9.17, 15) is 10.1 Å². The number of azo groups is 2. The van der Waals surface area contributed by atoms with Crippen molar-refractivity contribution >= 4 is 17.2 Å². The minimum Gasteiger partial charge on any atom is -0.258 e. The molecule has 3 aromatic rings. The Morgan fingerprint density at radius 3 is 2.43 bits per heavy atom. The molecule has 1 atom stereocenters. The molecule has 0 amide bonds. The van der Waals surface area contributed by atoms with Gasteiger partial charge in [-0.15, -0.1) is 5.11 Å². The van der Waals surface area contributed by atoms with Crippen molar-refractivity contribution in [1.82, 2.24) is 9.97 Å². The van der Waals surface area contributed by atoms with Crippen LogP contribution in [-0.4, -0.2) is 14.9 Å². The third-order valence-corrected chi connectivity index (χ3v) is 3.94. The Labute approximate surface area is 161 Å². The summed E-state index contributed by atoms with van der Waals surface area (Å²) in [5.41, 5.74) is 3.44. The van der Waals surface area contributed by atoms with Crippen LogP contribution in [-0.2, 0) is 0 Å². The summed E-state index contributed by atoms with van der Waals surface area (Å²) in [6.07, 6.45) is 1.99. The fourth-order valence-electron chi connectivity index (χ4n) is 2.24. The molecule has 140 valence electrons. The number of pyridine rings is 2. The Morgan fingerprint density at radius 2 is 1.79 bits per heavy atom. The quantitative estimate of drug-likeness (QED) is 0.318. The molecule has 0 N–H and O–H groups in total. The number of nitro groups is 1. The number of aryl methyl sites for hydroxylation is 2. The summed E-state index contributed by atoms with van der Waals surface area (Å²) in [4.78, 5) is 18.3. The van der Waals surface area contributed by atoms with Gasteiger partial charge >= 0.3 is 0 Å². The molecule has 1 aromatic carbocycles. The van der Waals surface area contributed by atoms with E-state index in [4.69, 9.17) is 0 Å². The maximum Gasteiger partial charge on any atom is 0.287 e. The van der Waals surface area contributed by atoms with Crippen LogP contribution in [0, 0.1) is 24.0 Å². The predicted molar refractivity (Wildman–Crippen MR) is 103 cm³/mol. The number of hydrogen-bond donors (Lipinski definition) is 0. The molecular formula is C19H17N7O2. The lowest BCUT2D eigenvalue weighted by molar-refractivity contribution is -0.385. The van der Waals surface area contributed by atoms with E-state index < -0.39 is 11.1 Å². The SMILES string of the molecule is Cc1ccc(N=NC(N=Nc2ccc([N+](=O)[O-])cn2)c2ccccn2)cc1C. The van der Waals surface area contributed by atoms with E-state index in [0.29, 0.717) is 11.4 Å². The Kier molecular flexibility index (Phi) is 5.85. The van der Waals surface area contributed by atoms with Gasteiger partial charge < -0.3 is 0 Å². The van der Waals surface area contributed by atoms with Crippen LogP contribution >= 0.6 is 0 Å². The molecule has 28 heavy (non-hydrogen) atoms. The highest BCUT2D eigenvalue weighted by Gasteiger charge is 2.11. The van der Waals surface area contributed by atoms with Crippen LogP contribution < -0.4 is 0 Å². The van der Waals surface area contributed by atoms with Gasteiger partial charge in [0.15, 0.2) is 5.82 Å². The maximum atomic E-state index is 10.7. The molecule has 3 rings (SSSR count). The summed E-state index contributed by atoms with van der Waals surface area (Å²) >= 11 is 0. The minimum absolute atomic E-state index is 0.116. The minimum atomic E-state index is -0.764. The lowest BCUT2D eigenvalue weighted by Crippen LogP contribution is -1.94. The zero-order chi connectivity index (χ0) is 19.9. The van der Waals surface area contributed by atoms with E-state index >= 15 is 0 Å². The molecule has 0 fully saturated rings. The van der Waals surface area contributed by atoms with E-state index in [-0.39, 0.29) is 11.5 Å². The van der Waals surface area contributed by atoms with Gasteiger partial charge in [-0.1, -0.05) is 12.1 Å². The molecule has 9 nitrogen and oxygen atoms in total. The highest BCUT2D eigenvalue weighted by molar-refractivity contribution is 5.42. The molecule has 0 aliphatic heterocycles. The summed E-state index contributed by atoms with van der Waals surface area (Å²) in [5, 5.41) is 27.4. The van der Waals surface area contributed by atoms with Gasteiger partial charge in [-0.05, 0) is 55.3 Å². The van der Waals surface area contributed by atoms with Crippen LogP contribution in [0.3, 0.4) is 0 Å². The summed E-state index contributed by atoms with van der Waals surface area (Å²) in [6.45, 7) is 4.03. The fourth-order valence-corrected chi connectivity index (χ4v) is 2.24. The van der Waals surface area contributed by atoms with E-state index in [0.717, 1.165) is 11.8 Å². The maximum absolute atomic E-state index is 10.7. The molecule has 0 saturated carbocycles. The summed E-state index contributed by atoms with van der Waals surface area (Å²) in [6, 6.07) is 13.9. The summed E-state index contributed by atoms with van der Waals surface area (Å²) < 4.78 is 0. The first-order valence-corrected chi connectivity index (χ1v) is 8.43. The van der Waals surface area contributed by atoms with Gasteiger partial charge in [-0.25, -0.2) is 4.98 Å². The molecule has 0 radical (unpaired) electrons. The molecule has 0 bridgehead atoms. The molecule has 0 spiro atoms. The standard InChI is InChI=1S/C19H17N7O2/c1-13-6-7-15(11-14(13)2)22-24-19(17-5-3-4-10-20-17)25-23-18-9-8-16(12-21-18)26(27)28/h3-12,19H,1-2H3. The number of aromatic nitrogens is 2. The van der Waals surface area contributed by atoms with Gasteiger partial charge in [0.25, 0.3) is 5.69 Å². The second kappa shape index (κ2) is 8.67. The molecule has 2 aromatic heterocycles. The first-order valence-electron chi connectivity index (χ1n) is 8.43. The van der Waals surface area contributed by atoms with E-state index in [1.807, 2.05) is 38.1 Å². The lowest BCUT2D eigenvalue weighted by Gasteiger charge is -2.05. The molecule has 0 aliphatic carbocycles. The molecule has 2 heterocycles. The zero-order valence-electron chi connectivity index (χ0n) is 15.3. The Bertz CT molecular complexity index is 1020. The zero-order valence-corrected chi connectivity index (χ0v) is 15.3. The smallest absolute Gasteiger partial charge is 0.258 e. The van der Waals surface area contributed by atoms with Crippen LogP contribution in [0.2, 0.25) is 0 Å². The molecule has 9 heteroatoms. The third-order valence-electron chi connectivity index (χ3n) is 3.94. The average Bonchev–Trinajstić information content (AvgIpc) is 2.71. The first kappa shape index (κ1) is 18.9. The topological polar surface area (TPSA) is 118 Å². The fraction of sp³-hybridized carbons (Fsp3) is 0.158. The normalized spacial score (nSPS) is 12.5. The van der Waals surface area contributed by atoms with Gasteiger partial charge in [-0.2, -0.15) is 15.3 Å². The lowest BCUT2D eigenvalue weighted by atomic mass is 10.1. The van der Waals surface area contributed by atoms with Crippen molar-refractivity contribution < 1.29 is 4.92 Å². The van der Waals surface area contributed by atoms with Crippen LogP contribution in [0.5, 0.6) is 0 Å². The highest BCUT2D eigenvalue weighted by atomic mass is 16.6. The Balaban J connectivity index is 1.85. The van der Waals surface area contributed by atoms with Crippen LogP contribution in [0.25, 0.3) is 0 Å². The molecular weight excluding hydrogens is 358 g/mol. The number of benzene rings is 1. The average molecular weight is 375 g/mol. The number of hydrogen-bond acceptors (Lipinski definition) is 8. The number of nitrogens with zero attached hydrogens (tertiary/aromatic N) is 7. The van der Waals surface area contributed by atoms with Crippen molar-refractivity contribution in [1.29, 1.82) is 0 Å². The number of rotatable bonds is 6. The molecule has 0 aliphatic rings. The monoisotopic (exact) mass is 375 g/mol. The van der Waals surface area contributed by atoms with Gasteiger partial charge in [-0.3, -0.25) is 15.1 Å². The van der Waals surface area contributed by atoms with E-state index in [2.05, 4.69) is 30.4 Å². The van der Waals surface area contributed by atoms with Crippen molar-refractivity contribution in [3.63, 3.8) is 0 Å². The van der Waals surface area contributed by atoms with E-state index in [1.165, 1.54) is 17.7 Å². The second-order valence-corrected chi connectivity index (χ2v) is 5.96. The largest absolute Gasteiger partial charge is 0.287 e. The van der Waals surface area contributed by atoms with Crippen LogP contribution in [0.1, 0.15) is 23.0 Å². The van der Waals surface area contributed by atoms with Crippen molar-refractivity contribution in [2.45, 2.75) is 20.0 Å². The van der Waals surface area contributed by atoms with Gasteiger partial charge in [0.2, 0.25) is 6.17 Å². The molecule has 0 saturated heterocycles. The van der Waals surface area contributed by atoms with Crippen molar-refractivity contribution in [2.24, 2.45) is 20.5 Å². The second-order valence-electron chi connectivity index (χ2n) is 5.96. The first-order chi connectivity index (χ1) is 13.5. The highest BCUT2D eigenvalue weighted by Crippen LogP contribution is 2.24. The van der Waals surface area contributed by atoms with Crippen LogP contribution in [0.4, 0.5) is 17.2 Å². The third kappa shape index (κ3) is 4.85. The van der Waals surface area contributed by atoms with Gasteiger partial charge in [0, 0.05) is 12.3 Å². The Hall–Kier alpha value is -3.88. The van der Waals surface area contributed by atoms with Crippen molar-refractivity contribution in [2.75, 3.05) is 0 Å². The van der Waals surface area contributed by atoms with Crippen molar-refractivity contribution in [3.8, 4) is 0 Å². The van der Waals surface area contributed by atoms with Crippen LogP contribution in [0.15, 0.2) is 81.4 Å². The summed E-state index contributed by atoms with van der Waals surface area (Å²) in [7, 11) is 0. The predicted octanol–water partition coefficient (Wildman–Crippen LogP) is 5.57.